The maximum Gasteiger partial charge on any atom is 0.187 e. The van der Waals surface area contributed by atoms with Gasteiger partial charge in [0.25, 0.3) is 0 Å². The van der Waals surface area contributed by atoms with Crippen LogP contribution in [0.15, 0.2) is 0 Å². The topological polar surface area (TPSA) is 62.9 Å². The molecule has 2 aromatic heterocycles. The monoisotopic (exact) mass is 403 g/mol. The number of β-amino-alcohol motifs (C(OH)–C–C–N with tert-alkyl or cyclic N) is 1. The zero-order valence-corrected chi connectivity index (χ0v) is 17.6. The molecule has 0 amide bonds. The van der Waals surface area contributed by atoms with E-state index in [-0.39, 0.29) is 6.10 Å². The number of fused-ring (bicyclic) bond motifs is 3. The summed E-state index contributed by atoms with van der Waals surface area (Å²) in [6, 6.07) is 0. The molecule has 2 fully saturated rings. The number of aliphatic hydroxyl groups excluding tert-OH is 1. The summed E-state index contributed by atoms with van der Waals surface area (Å²) in [7, 11) is 0. The molecule has 0 spiro atoms. The predicted molar refractivity (Wildman–Crippen MR) is 111 cm³/mol. The van der Waals surface area contributed by atoms with E-state index in [9.17, 15) is 5.11 Å². The highest BCUT2D eigenvalue weighted by atomic mass is 32.1. The summed E-state index contributed by atoms with van der Waals surface area (Å²) >= 11 is 1.88. The molecule has 0 unspecified atom stereocenters. The summed E-state index contributed by atoms with van der Waals surface area (Å²) in [5.74, 6) is 2.79. The number of nitrogens with zero attached hydrogens (tertiary/aromatic N) is 3. The Hall–Kier alpha value is -1.28. The first kappa shape index (κ1) is 18.7. The number of aliphatic hydroxyl groups is 1. The minimum atomic E-state index is -0.249. The Morgan fingerprint density at radius 2 is 2.11 bits per heavy atom. The van der Waals surface area contributed by atoms with Crippen LogP contribution in [0.4, 0.5) is 5.82 Å². The van der Waals surface area contributed by atoms with Gasteiger partial charge in [-0.2, -0.15) is 0 Å². The summed E-state index contributed by atoms with van der Waals surface area (Å²) in [6.07, 6.45) is 5.23. The summed E-state index contributed by atoms with van der Waals surface area (Å²) < 4.78 is 5.51. The molecule has 3 aliphatic rings. The number of anilines is 1. The van der Waals surface area contributed by atoms with Crippen LogP contribution >= 0.6 is 11.3 Å². The molecular formula is C21H31N4O2S+. The average molecular weight is 404 g/mol. The minimum absolute atomic E-state index is 0.249. The molecule has 2 N–H and O–H groups in total. The molecule has 7 heteroatoms. The van der Waals surface area contributed by atoms with Crippen LogP contribution in [0.25, 0.3) is 10.2 Å². The van der Waals surface area contributed by atoms with Gasteiger partial charge in [-0.1, -0.05) is 6.92 Å². The van der Waals surface area contributed by atoms with Gasteiger partial charge >= 0.3 is 0 Å². The second kappa shape index (κ2) is 7.86. The van der Waals surface area contributed by atoms with E-state index in [1.54, 1.807) is 0 Å². The number of hydrogen-bond acceptors (Lipinski definition) is 6. The molecule has 5 rings (SSSR count). The van der Waals surface area contributed by atoms with E-state index in [4.69, 9.17) is 14.7 Å². The van der Waals surface area contributed by atoms with Gasteiger partial charge in [0.2, 0.25) is 0 Å². The largest absolute Gasteiger partial charge is 0.391 e. The normalized spacial score (nSPS) is 26.6. The molecular weight excluding hydrogens is 372 g/mol. The second-order valence-corrected chi connectivity index (χ2v) is 9.86. The van der Waals surface area contributed by atoms with Gasteiger partial charge < -0.3 is 19.6 Å². The quantitative estimate of drug-likeness (QED) is 0.806. The first-order valence-corrected chi connectivity index (χ1v) is 11.6. The van der Waals surface area contributed by atoms with E-state index in [1.807, 2.05) is 11.3 Å². The van der Waals surface area contributed by atoms with E-state index in [2.05, 4.69) is 11.8 Å². The Morgan fingerprint density at radius 3 is 2.93 bits per heavy atom. The molecule has 0 radical (unpaired) electrons. The van der Waals surface area contributed by atoms with Crippen molar-refractivity contribution in [2.24, 2.45) is 5.92 Å². The Kier molecular flexibility index (Phi) is 5.26. The SMILES string of the molecule is C[C@@H]1CCc2c(sc3nc(C[NH+]4CCOCC4)nc(N4CCC[C@H](O)C4)c23)C1. The number of morpholine rings is 1. The van der Waals surface area contributed by atoms with Gasteiger partial charge in [0, 0.05) is 18.0 Å². The van der Waals surface area contributed by atoms with Crippen molar-refractivity contribution >= 4 is 27.4 Å². The summed E-state index contributed by atoms with van der Waals surface area (Å²) in [4.78, 5) is 16.6. The Balaban J connectivity index is 1.56. The van der Waals surface area contributed by atoms with E-state index >= 15 is 0 Å². The molecule has 2 aliphatic heterocycles. The number of rotatable bonds is 3. The molecule has 152 valence electrons. The fraction of sp³-hybridized carbons (Fsp3) is 0.714. The van der Waals surface area contributed by atoms with Gasteiger partial charge in [0.15, 0.2) is 5.82 Å². The lowest BCUT2D eigenvalue weighted by Gasteiger charge is -2.32. The van der Waals surface area contributed by atoms with Gasteiger partial charge in [-0.25, -0.2) is 9.97 Å². The lowest BCUT2D eigenvalue weighted by Crippen LogP contribution is -3.12. The third kappa shape index (κ3) is 3.65. The summed E-state index contributed by atoms with van der Waals surface area (Å²) in [5, 5.41) is 11.5. The first-order chi connectivity index (χ1) is 13.7. The third-order valence-electron chi connectivity index (χ3n) is 6.49. The van der Waals surface area contributed by atoms with Crippen LogP contribution in [-0.4, -0.2) is 60.6 Å². The van der Waals surface area contributed by atoms with Crippen LogP contribution in [0, 0.1) is 5.92 Å². The first-order valence-electron chi connectivity index (χ1n) is 10.8. The van der Waals surface area contributed by atoms with Gasteiger partial charge in [0.05, 0.1) is 24.7 Å². The molecule has 2 atom stereocenters. The number of nitrogens with one attached hydrogen (secondary N) is 1. The molecule has 4 heterocycles. The fourth-order valence-electron chi connectivity index (χ4n) is 4.88. The van der Waals surface area contributed by atoms with Crippen LogP contribution in [-0.2, 0) is 24.1 Å². The Morgan fingerprint density at radius 1 is 1.25 bits per heavy atom. The maximum absolute atomic E-state index is 10.3. The average Bonchev–Trinajstić information content (AvgIpc) is 3.05. The zero-order chi connectivity index (χ0) is 19.1. The lowest BCUT2D eigenvalue weighted by molar-refractivity contribution is -0.922. The van der Waals surface area contributed by atoms with Crippen LogP contribution in [0.5, 0.6) is 0 Å². The van der Waals surface area contributed by atoms with E-state index in [1.165, 1.54) is 33.6 Å². The standard InChI is InChI=1S/C21H30N4O2S/c1-14-4-5-16-17(11-14)28-21-19(16)20(25-6-2-3-15(26)12-25)22-18(23-21)13-24-7-9-27-10-8-24/h14-15,26H,2-13H2,1H3/p+1/t14-,15+/m1/s1. The number of ether oxygens (including phenoxy) is 1. The highest BCUT2D eigenvalue weighted by Gasteiger charge is 2.28. The molecule has 2 aromatic rings. The van der Waals surface area contributed by atoms with E-state index in [0.717, 1.165) is 81.0 Å². The van der Waals surface area contributed by atoms with Crippen molar-refractivity contribution in [3.8, 4) is 0 Å². The highest BCUT2D eigenvalue weighted by Crippen LogP contribution is 2.41. The predicted octanol–water partition coefficient (Wildman–Crippen LogP) is 1.19. The van der Waals surface area contributed by atoms with Crippen LogP contribution in [0.1, 0.15) is 42.5 Å². The Bertz CT molecular complexity index is 849. The molecule has 0 aromatic carbocycles. The summed E-state index contributed by atoms with van der Waals surface area (Å²) in [6.45, 7) is 8.60. The zero-order valence-electron chi connectivity index (χ0n) is 16.7. The molecule has 0 saturated carbocycles. The third-order valence-corrected chi connectivity index (χ3v) is 7.63. The number of quaternary nitrogens is 1. The van der Waals surface area contributed by atoms with Crippen molar-refractivity contribution < 1.29 is 14.7 Å². The van der Waals surface area contributed by atoms with Crippen LogP contribution < -0.4 is 9.80 Å². The van der Waals surface area contributed by atoms with E-state index in [0.29, 0.717) is 6.54 Å². The molecule has 6 nitrogen and oxygen atoms in total. The van der Waals surface area contributed by atoms with Crippen molar-refractivity contribution in [1.29, 1.82) is 0 Å². The molecule has 0 bridgehead atoms. The molecule has 2 saturated heterocycles. The smallest absolute Gasteiger partial charge is 0.187 e. The van der Waals surface area contributed by atoms with E-state index < -0.39 is 0 Å². The lowest BCUT2D eigenvalue weighted by atomic mass is 9.89. The van der Waals surface area contributed by atoms with Crippen molar-refractivity contribution in [2.75, 3.05) is 44.3 Å². The summed E-state index contributed by atoms with van der Waals surface area (Å²) in [5.41, 5.74) is 1.48. The molecule has 1 aliphatic carbocycles. The number of thiophene rings is 1. The minimum Gasteiger partial charge on any atom is -0.391 e. The van der Waals surface area contributed by atoms with Crippen molar-refractivity contribution in [2.45, 2.75) is 51.7 Å². The van der Waals surface area contributed by atoms with Gasteiger partial charge in [0.1, 0.15) is 30.3 Å². The number of piperidine rings is 1. The van der Waals surface area contributed by atoms with Crippen LogP contribution in [0.2, 0.25) is 0 Å². The number of hydrogen-bond donors (Lipinski definition) is 2. The van der Waals surface area contributed by atoms with Crippen molar-refractivity contribution in [1.82, 2.24) is 9.97 Å². The fourth-order valence-corrected chi connectivity index (χ4v) is 6.28. The molecule has 28 heavy (non-hydrogen) atoms. The second-order valence-electron chi connectivity index (χ2n) is 8.78. The number of aromatic nitrogens is 2. The van der Waals surface area contributed by atoms with Crippen LogP contribution in [0.3, 0.4) is 0 Å². The van der Waals surface area contributed by atoms with Crippen molar-refractivity contribution in [3.05, 3.63) is 16.3 Å². The van der Waals surface area contributed by atoms with Crippen molar-refractivity contribution in [3.63, 3.8) is 0 Å². The maximum atomic E-state index is 10.3. The number of aryl methyl sites for hydroxylation is 1. The Labute approximate surface area is 170 Å². The van der Waals surface area contributed by atoms with Gasteiger partial charge in [-0.3, -0.25) is 0 Å². The van der Waals surface area contributed by atoms with Gasteiger partial charge in [-0.15, -0.1) is 11.3 Å². The van der Waals surface area contributed by atoms with Gasteiger partial charge in [-0.05, 0) is 43.6 Å². The highest BCUT2D eigenvalue weighted by molar-refractivity contribution is 7.19.